The SMILES string of the molecule is CN=C(NCC(C)Cn1nc(C)cc1C)NCC(C)Oc1cccc(C)c1. The van der Waals surface area contributed by atoms with E-state index in [4.69, 9.17) is 4.74 Å². The summed E-state index contributed by atoms with van der Waals surface area (Å²) in [5, 5.41) is 11.2. The van der Waals surface area contributed by atoms with Gasteiger partial charge in [0.1, 0.15) is 11.9 Å². The Bertz CT molecular complexity index is 753. The van der Waals surface area contributed by atoms with E-state index in [1.165, 1.54) is 11.3 Å². The molecule has 0 amide bonds. The summed E-state index contributed by atoms with van der Waals surface area (Å²) in [5.41, 5.74) is 3.46. The van der Waals surface area contributed by atoms with Crippen LogP contribution in [0.3, 0.4) is 0 Å². The third kappa shape index (κ3) is 6.96. The summed E-state index contributed by atoms with van der Waals surface area (Å²) in [6.45, 7) is 12.8. The van der Waals surface area contributed by atoms with Gasteiger partial charge in [0.2, 0.25) is 0 Å². The summed E-state index contributed by atoms with van der Waals surface area (Å²) in [6, 6.07) is 10.2. The van der Waals surface area contributed by atoms with E-state index in [1.807, 2.05) is 32.0 Å². The maximum atomic E-state index is 5.95. The Hall–Kier alpha value is -2.50. The quantitative estimate of drug-likeness (QED) is 0.553. The maximum Gasteiger partial charge on any atom is 0.191 e. The second kappa shape index (κ2) is 10.00. The topological polar surface area (TPSA) is 63.5 Å². The fourth-order valence-electron chi connectivity index (χ4n) is 2.91. The van der Waals surface area contributed by atoms with Gasteiger partial charge in [-0.15, -0.1) is 0 Å². The van der Waals surface area contributed by atoms with Gasteiger partial charge in [-0.1, -0.05) is 19.1 Å². The molecular formula is C21H33N5O. The zero-order valence-corrected chi connectivity index (χ0v) is 17.4. The highest BCUT2D eigenvalue weighted by atomic mass is 16.5. The standard InChI is InChI=1S/C21H33N5O/c1-15-8-7-9-20(10-15)27-19(5)13-24-21(22-6)23-12-16(2)14-26-18(4)11-17(3)25-26/h7-11,16,19H,12-14H2,1-6H3,(H2,22,23,24). The van der Waals surface area contributed by atoms with E-state index in [-0.39, 0.29) is 6.10 Å². The number of benzene rings is 1. The van der Waals surface area contributed by atoms with E-state index in [9.17, 15) is 0 Å². The Morgan fingerprint density at radius 3 is 2.52 bits per heavy atom. The third-order valence-corrected chi connectivity index (χ3v) is 4.31. The number of rotatable bonds is 8. The fourth-order valence-corrected chi connectivity index (χ4v) is 2.91. The molecule has 0 saturated carbocycles. The Labute approximate surface area is 163 Å². The molecule has 1 heterocycles. The van der Waals surface area contributed by atoms with Crippen LogP contribution < -0.4 is 15.4 Å². The molecule has 2 unspecified atom stereocenters. The predicted molar refractivity (Wildman–Crippen MR) is 111 cm³/mol. The van der Waals surface area contributed by atoms with E-state index in [2.05, 4.69) is 58.3 Å². The number of aliphatic imine (C=N–C) groups is 1. The molecule has 0 bridgehead atoms. The second-order valence-corrected chi connectivity index (χ2v) is 7.29. The van der Waals surface area contributed by atoms with Gasteiger partial charge in [0, 0.05) is 25.8 Å². The smallest absolute Gasteiger partial charge is 0.191 e. The molecule has 1 aromatic heterocycles. The van der Waals surface area contributed by atoms with E-state index >= 15 is 0 Å². The van der Waals surface area contributed by atoms with Crippen molar-refractivity contribution in [1.29, 1.82) is 0 Å². The van der Waals surface area contributed by atoms with Gasteiger partial charge in [0.25, 0.3) is 0 Å². The van der Waals surface area contributed by atoms with E-state index < -0.39 is 0 Å². The Kier molecular flexibility index (Phi) is 7.70. The minimum absolute atomic E-state index is 0.0393. The zero-order valence-electron chi connectivity index (χ0n) is 17.4. The number of aryl methyl sites for hydroxylation is 3. The summed E-state index contributed by atoms with van der Waals surface area (Å²) >= 11 is 0. The molecule has 6 heteroatoms. The molecule has 1 aromatic carbocycles. The van der Waals surface area contributed by atoms with Crippen molar-refractivity contribution in [2.45, 2.75) is 47.3 Å². The third-order valence-electron chi connectivity index (χ3n) is 4.31. The summed E-state index contributed by atoms with van der Waals surface area (Å²) in [6.07, 6.45) is 0.0393. The molecule has 0 aliphatic carbocycles. The minimum atomic E-state index is 0.0393. The Balaban J connectivity index is 1.74. The predicted octanol–water partition coefficient (Wildman–Crippen LogP) is 3.08. The molecule has 6 nitrogen and oxygen atoms in total. The van der Waals surface area contributed by atoms with Crippen molar-refractivity contribution < 1.29 is 4.74 Å². The van der Waals surface area contributed by atoms with Crippen LogP contribution in [0.15, 0.2) is 35.3 Å². The molecular weight excluding hydrogens is 338 g/mol. The number of nitrogens with zero attached hydrogens (tertiary/aromatic N) is 3. The monoisotopic (exact) mass is 371 g/mol. The van der Waals surface area contributed by atoms with Crippen LogP contribution in [-0.2, 0) is 6.54 Å². The highest BCUT2D eigenvalue weighted by Crippen LogP contribution is 2.13. The van der Waals surface area contributed by atoms with Crippen molar-refractivity contribution in [3.63, 3.8) is 0 Å². The van der Waals surface area contributed by atoms with Gasteiger partial charge in [-0.2, -0.15) is 5.10 Å². The molecule has 2 aromatic rings. The molecule has 0 fully saturated rings. The summed E-state index contributed by atoms with van der Waals surface area (Å²) < 4.78 is 8.02. The lowest BCUT2D eigenvalue weighted by Crippen LogP contribution is -2.43. The number of ether oxygens (including phenoxy) is 1. The van der Waals surface area contributed by atoms with Gasteiger partial charge in [0.05, 0.1) is 12.2 Å². The molecule has 2 N–H and O–H groups in total. The Morgan fingerprint density at radius 2 is 1.89 bits per heavy atom. The molecule has 148 valence electrons. The average molecular weight is 372 g/mol. The highest BCUT2D eigenvalue weighted by molar-refractivity contribution is 5.79. The number of nitrogens with one attached hydrogen (secondary N) is 2. The number of hydrogen-bond donors (Lipinski definition) is 2. The van der Waals surface area contributed by atoms with Gasteiger partial charge in [0.15, 0.2) is 5.96 Å². The maximum absolute atomic E-state index is 5.95. The van der Waals surface area contributed by atoms with Crippen LogP contribution in [0.25, 0.3) is 0 Å². The minimum Gasteiger partial charge on any atom is -0.489 e. The first kappa shape index (κ1) is 20.8. The second-order valence-electron chi connectivity index (χ2n) is 7.29. The van der Waals surface area contributed by atoms with Gasteiger partial charge >= 0.3 is 0 Å². The van der Waals surface area contributed by atoms with Gasteiger partial charge in [-0.25, -0.2) is 0 Å². The fraction of sp³-hybridized carbons (Fsp3) is 0.524. The average Bonchev–Trinajstić information content (AvgIpc) is 2.92. The van der Waals surface area contributed by atoms with Crippen molar-refractivity contribution in [2.24, 2.45) is 10.9 Å². The zero-order chi connectivity index (χ0) is 19.8. The van der Waals surface area contributed by atoms with Crippen LogP contribution >= 0.6 is 0 Å². The van der Waals surface area contributed by atoms with Crippen LogP contribution in [0.2, 0.25) is 0 Å². The van der Waals surface area contributed by atoms with E-state index in [0.717, 1.165) is 30.5 Å². The van der Waals surface area contributed by atoms with E-state index in [0.29, 0.717) is 12.5 Å². The van der Waals surface area contributed by atoms with Crippen LogP contribution in [0.5, 0.6) is 5.75 Å². The van der Waals surface area contributed by atoms with Gasteiger partial charge in [-0.05, 0) is 57.4 Å². The lowest BCUT2D eigenvalue weighted by molar-refractivity contribution is 0.223. The van der Waals surface area contributed by atoms with Gasteiger partial charge < -0.3 is 15.4 Å². The summed E-state index contributed by atoms with van der Waals surface area (Å²) in [5.74, 6) is 2.11. The molecule has 0 spiro atoms. The normalized spacial score (nSPS) is 13.9. The van der Waals surface area contributed by atoms with Crippen molar-refractivity contribution in [2.75, 3.05) is 20.1 Å². The lowest BCUT2D eigenvalue weighted by atomic mass is 10.2. The molecule has 0 radical (unpaired) electrons. The number of guanidine groups is 1. The van der Waals surface area contributed by atoms with Crippen LogP contribution in [-0.4, -0.2) is 42.0 Å². The van der Waals surface area contributed by atoms with Crippen LogP contribution in [0.4, 0.5) is 0 Å². The number of hydrogen-bond acceptors (Lipinski definition) is 3. The van der Waals surface area contributed by atoms with E-state index in [1.54, 1.807) is 7.05 Å². The van der Waals surface area contributed by atoms with Crippen molar-refractivity contribution in [3.8, 4) is 5.75 Å². The highest BCUT2D eigenvalue weighted by Gasteiger charge is 2.10. The van der Waals surface area contributed by atoms with Crippen LogP contribution in [0.1, 0.15) is 30.8 Å². The summed E-state index contributed by atoms with van der Waals surface area (Å²) in [7, 11) is 1.78. The largest absolute Gasteiger partial charge is 0.489 e. The molecule has 0 saturated heterocycles. The number of aromatic nitrogens is 2. The molecule has 0 aliphatic rings. The first-order valence-corrected chi connectivity index (χ1v) is 9.56. The van der Waals surface area contributed by atoms with Crippen molar-refractivity contribution in [1.82, 2.24) is 20.4 Å². The van der Waals surface area contributed by atoms with Crippen molar-refractivity contribution in [3.05, 3.63) is 47.3 Å². The first-order chi connectivity index (χ1) is 12.9. The van der Waals surface area contributed by atoms with Crippen molar-refractivity contribution >= 4 is 5.96 Å². The first-order valence-electron chi connectivity index (χ1n) is 9.56. The Morgan fingerprint density at radius 1 is 1.15 bits per heavy atom. The molecule has 2 atom stereocenters. The summed E-state index contributed by atoms with van der Waals surface area (Å²) in [4.78, 5) is 4.30. The lowest BCUT2D eigenvalue weighted by Gasteiger charge is -2.19. The molecule has 2 rings (SSSR count). The molecule has 0 aliphatic heterocycles. The van der Waals surface area contributed by atoms with Gasteiger partial charge in [-0.3, -0.25) is 9.67 Å². The van der Waals surface area contributed by atoms with Crippen LogP contribution in [0, 0.1) is 26.7 Å². The molecule has 27 heavy (non-hydrogen) atoms.